The third-order valence-corrected chi connectivity index (χ3v) is 6.23. The maximum atomic E-state index is 13.6. The molecular formula is C25H23F9N2O4. The molecule has 40 heavy (non-hydrogen) atoms. The van der Waals surface area contributed by atoms with Crippen LogP contribution in [0.2, 0.25) is 0 Å². The second kappa shape index (κ2) is 11.1. The number of nitrogens with zero attached hydrogens (tertiary/aromatic N) is 2. The first-order valence-corrected chi connectivity index (χ1v) is 11.7. The van der Waals surface area contributed by atoms with Crippen LogP contribution in [0.3, 0.4) is 0 Å². The van der Waals surface area contributed by atoms with Gasteiger partial charge < -0.3 is 9.47 Å². The monoisotopic (exact) mass is 586 g/mol. The van der Waals surface area contributed by atoms with Gasteiger partial charge in [-0.15, -0.1) is 0 Å². The average molecular weight is 586 g/mol. The number of fused-ring (bicyclic) bond motifs is 1. The molecule has 1 aliphatic rings. The van der Waals surface area contributed by atoms with Gasteiger partial charge in [0.15, 0.2) is 0 Å². The largest absolute Gasteiger partial charge is 0.453 e. The topological polar surface area (TPSA) is 59.1 Å². The van der Waals surface area contributed by atoms with Crippen LogP contribution in [0.25, 0.3) is 0 Å². The molecule has 0 unspecified atom stereocenters. The van der Waals surface area contributed by atoms with Crippen LogP contribution in [0.15, 0.2) is 36.4 Å². The van der Waals surface area contributed by atoms with E-state index in [0.717, 1.165) is 23.0 Å². The smallest absolute Gasteiger partial charge is 0.416 e. The number of carbonyl (C=O) groups excluding carboxylic acids is 2. The zero-order valence-electron chi connectivity index (χ0n) is 21.2. The first kappa shape index (κ1) is 30.9. The van der Waals surface area contributed by atoms with E-state index in [4.69, 9.17) is 9.47 Å². The summed E-state index contributed by atoms with van der Waals surface area (Å²) in [6.07, 6.45) is -17.5. The normalized spacial score (nSPS) is 17.8. The Morgan fingerprint density at radius 1 is 0.900 bits per heavy atom. The van der Waals surface area contributed by atoms with Crippen LogP contribution in [0, 0.1) is 0 Å². The Labute approximate surface area is 222 Å². The van der Waals surface area contributed by atoms with Gasteiger partial charge in [0.05, 0.1) is 42.1 Å². The third-order valence-electron chi connectivity index (χ3n) is 6.23. The highest BCUT2D eigenvalue weighted by atomic mass is 19.4. The Morgan fingerprint density at radius 2 is 1.45 bits per heavy atom. The van der Waals surface area contributed by atoms with Gasteiger partial charge in [-0.25, -0.2) is 9.59 Å². The summed E-state index contributed by atoms with van der Waals surface area (Å²) < 4.78 is 131. The number of hydrogen-bond acceptors (Lipinski definition) is 4. The van der Waals surface area contributed by atoms with Gasteiger partial charge >= 0.3 is 30.7 Å². The molecular weight excluding hydrogens is 563 g/mol. The van der Waals surface area contributed by atoms with Crippen LogP contribution in [-0.2, 0) is 34.5 Å². The highest BCUT2D eigenvalue weighted by Gasteiger charge is 2.42. The molecule has 1 aliphatic heterocycles. The molecule has 3 rings (SSSR count). The molecule has 0 bridgehead atoms. The van der Waals surface area contributed by atoms with Crippen molar-refractivity contribution >= 4 is 17.9 Å². The number of anilines is 1. The lowest BCUT2D eigenvalue weighted by molar-refractivity contribution is -0.143. The highest BCUT2D eigenvalue weighted by Crippen LogP contribution is 2.45. The second-order valence-corrected chi connectivity index (χ2v) is 8.95. The van der Waals surface area contributed by atoms with Crippen LogP contribution in [0.5, 0.6) is 0 Å². The lowest BCUT2D eigenvalue weighted by Crippen LogP contribution is -2.47. The first-order valence-electron chi connectivity index (χ1n) is 11.7. The van der Waals surface area contributed by atoms with E-state index in [0.29, 0.717) is 24.3 Å². The van der Waals surface area contributed by atoms with Gasteiger partial charge in [-0.1, -0.05) is 0 Å². The van der Waals surface area contributed by atoms with Crippen molar-refractivity contribution in [1.82, 2.24) is 4.90 Å². The third kappa shape index (κ3) is 6.55. The zero-order valence-corrected chi connectivity index (χ0v) is 21.2. The Kier molecular flexibility index (Phi) is 8.56. The van der Waals surface area contributed by atoms with Crippen LogP contribution >= 0.6 is 0 Å². The van der Waals surface area contributed by atoms with Gasteiger partial charge in [-0.2, -0.15) is 39.5 Å². The number of carbonyl (C=O) groups is 2. The van der Waals surface area contributed by atoms with Gasteiger partial charge in [0.1, 0.15) is 0 Å². The molecule has 15 heteroatoms. The van der Waals surface area contributed by atoms with E-state index in [1.807, 2.05) is 0 Å². The van der Waals surface area contributed by atoms with E-state index in [2.05, 4.69) is 0 Å². The SMILES string of the molecule is CCOC(=O)N1c2ccc(C(F)(F)F)cc2[C@@H](N(Cc2cc(C(F)(F)F)cc(C(F)(F)F)c2)C(=O)OC)C[C@H]1C. The Morgan fingerprint density at radius 3 is 1.93 bits per heavy atom. The number of ether oxygens (including phenoxy) is 2. The number of benzene rings is 2. The van der Waals surface area contributed by atoms with E-state index in [1.165, 1.54) is 13.8 Å². The standard InChI is InChI=1S/C25H23F9N2O4/c1-4-40-22(38)36-13(2)7-20(18-11-15(23(26,27)28)5-6-19(18)36)35(21(37)39-3)12-14-8-16(24(29,30)31)10-17(9-14)25(32,33)34/h5-6,8-11,13,20H,4,7,12H2,1-3H3/t13-,20+/m1/s1. The minimum atomic E-state index is -5.17. The number of methoxy groups -OCH3 is 1. The quantitative estimate of drug-likeness (QED) is 0.343. The summed E-state index contributed by atoms with van der Waals surface area (Å²) in [6.45, 7) is 2.05. The molecule has 2 amide bonds. The Balaban J connectivity index is 2.20. The summed E-state index contributed by atoms with van der Waals surface area (Å²) in [6, 6.07) is 0.940. The fourth-order valence-corrected chi connectivity index (χ4v) is 4.50. The summed E-state index contributed by atoms with van der Waals surface area (Å²) in [5.41, 5.74) is -5.32. The predicted molar refractivity (Wildman–Crippen MR) is 122 cm³/mol. The maximum absolute atomic E-state index is 13.6. The summed E-state index contributed by atoms with van der Waals surface area (Å²) in [5, 5.41) is 0. The van der Waals surface area contributed by atoms with E-state index in [1.54, 1.807) is 0 Å². The Bertz CT molecular complexity index is 1230. The molecule has 0 aliphatic carbocycles. The van der Waals surface area contributed by atoms with Gasteiger partial charge in [0.2, 0.25) is 0 Å². The van der Waals surface area contributed by atoms with Crippen molar-refractivity contribution in [3.05, 3.63) is 64.2 Å². The van der Waals surface area contributed by atoms with Crippen LogP contribution < -0.4 is 4.90 Å². The summed E-state index contributed by atoms with van der Waals surface area (Å²) in [7, 11) is 0.896. The number of hydrogen-bond donors (Lipinski definition) is 0. The molecule has 1 heterocycles. The molecule has 0 N–H and O–H groups in total. The zero-order chi connectivity index (χ0) is 30.2. The van der Waals surface area contributed by atoms with E-state index in [-0.39, 0.29) is 30.3 Å². The van der Waals surface area contributed by atoms with Crippen LogP contribution in [-0.4, -0.2) is 36.8 Å². The van der Waals surface area contributed by atoms with E-state index < -0.39 is 71.6 Å². The molecule has 0 saturated carbocycles. The van der Waals surface area contributed by atoms with Crippen LogP contribution in [0.1, 0.15) is 54.1 Å². The Hall–Kier alpha value is -3.65. The molecule has 0 aromatic heterocycles. The molecule has 0 saturated heterocycles. The highest BCUT2D eigenvalue weighted by molar-refractivity contribution is 5.90. The van der Waals surface area contributed by atoms with Gasteiger partial charge in [0.25, 0.3) is 0 Å². The summed E-state index contributed by atoms with van der Waals surface area (Å²) in [4.78, 5) is 27.3. The number of halogens is 9. The summed E-state index contributed by atoms with van der Waals surface area (Å²) >= 11 is 0. The summed E-state index contributed by atoms with van der Waals surface area (Å²) in [5.74, 6) is 0. The molecule has 2 aromatic carbocycles. The average Bonchev–Trinajstić information content (AvgIpc) is 2.84. The molecule has 2 atom stereocenters. The number of amides is 2. The maximum Gasteiger partial charge on any atom is 0.416 e. The minimum Gasteiger partial charge on any atom is -0.453 e. The second-order valence-electron chi connectivity index (χ2n) is 8.95. The first-order chi connectivity index (χ1) is 18.4. The lowest BCUT2D eigenvalue weighted by Gasteiger charge is -2.42. The molecule has 220 valence electrons. The predicted octanol–water partition coefficient (Wildman–Crippen LogP) is 7.81. The van der Waals surface area contributed by atoms with E-state index in [9.17, 15) is 49.1 Å². The molecule has 0 radical (unpaired) electrons. The van der Waals surface area contributed by atoms with Gasteiger partial charge in [-0.3, -0.25) is 9.80 Å². The molecule has 6 nitrogen and oxygen atoms in total. The van der Waals surface area contributed by atoms with Crippen molar-refractivity contribution in [1.29, 1.82) is 0 Å². The van der Waals surface area contributed by atoms with Gasteiger partial charge in [0, 0.05) is 12.6 Å². The van der Waals surface area contributed by atoms with E-state index >= 15 is 0 Å². The van der Waals surface area contributed by atoms with Crippen molar-refractivity contribution in [2.24, 2.45) is 0 Å². The fourth-order valence-electron chi connectivity index (χ4n) is 4.50. The number of alkyl halides is 9. The van der Waals surface area contributed by atoms with Gasteiger partial charge in [-0.05, 0) is 67.8 Å². The molecule has 2 aromatic rings. The van der Waals surface area contributed by atoms with Crippen molar-refractivity contribution in [3.63, 3.8) is 0 Å². The minimum absolute atomic E-state index is 0.0627. The van der Waals surface area contributed by atoms with Crippen molar-refractivity contribution in [3.8, 4) is 0 Å². The van der Waals surface area contributed by atoms with Crippen LogP contribution in [0.4, 0.5) is 54.8 Å². The molecule has 0 fully saturated rings. The fraction of sp³-hybridized carbons (Fsp3) is 0.440. The molecule has 0 spiro atoms. The van der Waals surface area contributed by atoms with Crippen molar-refractivity contribution in [2.75, 3.05) is 18.6 Å². The van der Waals surface area contributed by atoms with Crippen molar-refractivity contribution in [2.45, 2.75) is 57.4 Å². The lowest BCUT2D eigenvalue weighted by atomic mass is 9.89. The number of rotatable bonds is 4. The van der Waals surface area contributed by atoms with Crippen molar-refractivity contribution < 1.29 is 58.6 Å².